The Bertz CT molecular complexity index is 1060. The van der Waals surface area contributed by atoms with Crippen molar-refractivity contribution in [2.45, 2.75) is 62.9 Å². The van der Waals surface area contributed by atoms with Crippen LogP contribution in [0.5, 0.6) is 0 Å². The second-order valence-electron chi connectivity index (χ2n) is 7.83. The summed E-state index contributed by atoms with van der Waals surface area (Å²) in [5.74, 6) is 0.984. The summed E-state index contributed by atoms with van der Waals surface area (Å²) in [6.07, 6.45) is 2.79. The average Bonchev–Trinajstić information content (AvgIpc) is 2.73. The number of aromatic nitrogens is 2. The van der Waals surface area contributed by atoms with E-state index in [1.54, 1.807) is 16.3 Å². The van der Waals surface area contributed by atoms with Gasteiger partial charge in [0.25, 0.3) is 5.56 Å². The third kappa shape index (κ3) is 5.72. The minimum atomic E-state index is -0.278. The summed E-state index contributed by atoms with van der Waals surface area (Å²) in [4.78, 5) is 28.8. The highest BCUT2D eigenvalue weighted by Crippen LogP contribution is 2.24. The van der Waals surface area contributed by atoms with E-state index in [9.17, 15) is 9.59 Å². The number of carbonyl (C=O) groups is 1. The maximum atomic E-state index is 13.1. The van der Waals surface area contributed by atoms with Crippen molar-refractivity contribution in [2.75, 3.05) is 0 Å². The second-order valence-corrected chi connectivity index (χ2v) is 8.77. The van der Waals surface area contributed by atoms with E-state index >= 15 is 0 Å². The molecule has 30 heavy (non-hydrogen) atoms. The van der Waals surface area contributed by atoms with Crippen molar-refractivity contribution in [1.29, 1.82) is 0 Å². The maximum absolute atomic E-state index is 13.1. The minimum Gasteiger partial charge on any atom is -0.370 e. The quantitative estimate of drug-likeness (QED) is 0.287. The fourth-order valence-corrected chi connectivity index (χ4v) is 4.33. The van der Waals surface area contributed by atoms with Gasteiger partial charge in [-0.15, -0.1) is 0 Å². The van der Waals surface area contributed by atoms with Gasteiger partial charge in [0.15, 0.2) is 5.16 Å². The molecule has 0 unspecified atom stereocenters. The topological polar surface area (TPSA) is 78.0 Å². The molecule has 0 fully saturated rings. The Hall–Kier alpha value is -2.60. The third-order valence-electron chi connectivity index (χ3n) is 5.15. The Labute approximate surface area is 181 Å². The molecule has 2 N–H and O–H groups in total. The largest absolute Gasteiger partial charge is 0.370 e. The van der Waals surface area contributed by atoms with Crippen LogP contribution in [0.3, 0.4) is 0 Å². The normalized spacial score (nSPS) is 11.3. The predicted molar refractivity (Wildman–Crippen MR) is 124 cm³/mol. The Kier molecular flexibility index (Phi) is 7.69. The Morgan fingerprint density at radius 3 is 2.50 bits per heavy atom. The molecule has 0 aliphatic carbocycles. The molecule has 0 saturated carbocycles. The van der Waals surface area contributed by atoms with Crippen molar-refractivity contribution in [3.05, 3.63) is 70.0 Å². The summed E-state index contributed by atoms with van der Waals surface area (Å²) < 4.78 is 1.78. The average molecular weight is 424 g/mol. The summed E-state index contributed by atoms with van der Waals surface area (Å²) >= 11 is 1.59. The summed E-state index contributed by atoms with van der Waals surface area (Å²) in [7, 11) is 0. The van der Waals surface area contributed by atoms with Crippen LogP contribution in [-0.4, -0.2) is 15.5 Å². The number of benzene rings is 2. The van der Waals surface area contributed by atoms with E-state index in [0.29, 0.717) is 24.3 Å². The Balaban J connectivity index is 1.78. The lowest BCUT2D eigenvalue weighted by Crippen LogP contribution is -2.23. The van der Waals surface area contributed by atoms with Crippen LogP contribution < -0.4 is 11.3 Å². The molecule has 0 radical (unpaired) electrons. The lowest BCUT2D eigenvalue weighted by atomic mass is 10.0. The highest BCUT2D eigenvalue weighted by atomic mass is 32.2. The van der Waals surface area contributed by atoms with Crippen LogP contribution in [-0.2, 0) is 17.1 Å². The first-order chi connectivity index (χ1) is 14.5. The Morgan fingerprint density at radius 1 is 1.07 bits per heavy atom. The van der Waals surface area contributed by atoms with Gasteiger partial charge in [0, 0.05) is 18.7 Å². The van der Waals surface area contributed by atoms with Crippen LogP contribution in [0, 0.1) is 0 Å². The fourth-order valence-electron chi connectivity index (χ4n) is 3.35. The molecule has 3 rings (SSSR count). The molecule has 0 aliphatic rings. The van der Waals surface area contributed by atoms with Crippen LogP contribution in [0.25, 0.3) is 10.9 Å². The standard InChI is InChI=1S/C24H29N3O2S/c1-17(2)19-13-11-18(12-14-19)16-30-24-26-21-9-6-5-8-20(21)23(29)27(24)15-7-3-4-10-22(25)28/h5-6,8-9,11-14,17H,3-4,7,10,15-16H2,1-2H3,(H2,25,28). The molecule has 1 aromatic heterocycles. The van der Waals surface area contributed by atoms with Gasteiger partial charge in [-0.25, -0.2) is 4.98 Å². The number of carbonyl (C=O) groups excluding carboxylic acids is 1. The highest BCUT2D eigenvalue weighted by Gasteiger charge is 2.12. The summed E-state index contributed by atoms with van der Waals surface area (Å²) in [6, 6.07) is 16.1. The predicted octanol–water partition coefficient (Wildman–Crippen LogP) is 4.86. The maximum Gasteiger partial charge on any atom is 0.262 e. The first-order valence-corrected chi connectivity index (χ1v) is 11.4. The lowest BCUT2D eigenvalue weighted by molar-refractivity contribution is -0.118. The minimum absolute atomic E-state index is 0.00634. The van der Waals surface area contributed by atoms with E-state index in [1.165, 1.54) is 11.1 Å². The third-order valence-corrected chi connectivity index (χ3v) is 6.19. The van der Waals surface area contributed by atoms with Gasteiger partial charge in [-0.2, -0.15) is 0 Å². The van der Waals surface area contributed by atoms with Gasteiger partial charge in [0.1, 0.15) is 0 Å². The number of primary amides is 1. The molecule has 158 valence electrons. The SMILES string of the molecule is CC(C)c1ccc(CSc2nc3ccccc3c(=O)n2CCCCCC(N)=O)cc1. The molecule has 3 aromatic rings. The number of nitrogens with zero attached hydrogens (tertiary/aromatic N) is 2. The molecule has 2 aromatic carbocycles. The van der Waals surface area contributed by atoms with E-state index in [2.05, 4.69) is 38.1 Å². The molecule has 0 spiro atoms. The number of amides is 1. The van der Waals surface area contributed by atoms with E-state index < -0.39 is 0 Å². The zero-order valence-corrected chi connectivity index (χ0v) is 18.5. The monoisotopic (exact) mass is 423 g/mol. The number of nitrogens with two attached hydrogens (primary N) is 1. The van der Waals surface area contributed by atoms with E-state index in [4.69, 9.17) is 10.7 Å². The van der Waals surface area contributed by atoms with E-state index in [1.807, 2.05) is 24.3 Å². The highest BCUT2D eigenvalue weighted by molar-refractivity contribution is 7.98. The van der Waals surface area contributed by atoms with Gasteiger partial charge in [-0.05, 0) is 42.0 Å². The number of thioether (sulfide) groups is 1. The zero-order valence-electron chi connectivity index (χ0n) is 17.6. The van der Waals surface area contributed by atoms with E-state index in [-0.39, 0.29) is 11.5 Å². The smallest absolute Gasteiger partial charge is 0.262 e. The van der Waals surface area contributed by atoms with Crippen LogP contribution >= 0.6 is 11.8 Å². The van der Waals surface area contributed by atoms with Crippen molar-refractivity contribution in [1.82, 2.24) is 9.55 Å². The second kappa shape index (κ2) is 10.4. The van der Waals surface area contributed by atoms with Crippen molar-refractivity contribution >= 4 is 28.6 Å². The van der Waals surface area contributed by atoms with Crippen LogP contribution in [0.2, 0.25) is 0 Å². The molecular weight excluding hydrogens is 394 g/mol. The van der Waals surface area contributed by atoms with Gasteiger partial charge in [-0.3, -0.25) is 14.2 Å². The molecule has 0 atom stereocenters. The van der Waals surface area contributed by atoms with E-state index in [0.717, 1.165) is 35.7 Å². The molecule has 0 saturated heterocycles. The molecule has 1 amide bonds. The first kappa shape index (κ1) is 22.1. The molecule has 5 nitrogen and oxygen atoms in total. The molecule has 0 aliphatic heterocycles. The van der Waals surface area contributed by atoms with Gasteiger partial charge >= 0.3 is 0 Å². The number of para-hydroxylation sites is 1. The zero-order chi connectivity index (χ0) is 21.5. The van der Waals surface area contributed by atoms with Crippen molar-refractivity contribution in [2.24, 2.45) is 5.73 Å². The summed E-state index contributed by atoms with van der Waals surface area (Å²) in [5, 5.41) is 1.38. The summed E-state index contributed by atoms with van der Waals surface area (Å²) in [6.45, 7) is 4.96. The number of unbranched alkanes of at least 4 members (excludes halogenated alkanes) is 2. The van der Waals surface area contributed by atoms with Crippen molar-refractivity contribution < 1.29 is 4.79 Å². The number of hydrogen-bond acceptors (Lipinski definition) is 4. The molecule has 0 bridgehead atoms. The van der Waals surface area contributed by atoms with Crippen molar-refractivity contribution in [3.8, 4) is 0 Å². The van der Waals surface area contributed by atoms with Crippen molar-refractivity contribution in [3.63, 3.8) is 0 Å². The van der Waals surface area contributed by atoms with Gasteiger partial charge in [0.05, 0.1) is 10.9 Å². The fraction of sp³-hybridized carbons (Fsp3) is 0.375. The van der Waals surface area contributed by atoms with Crippen LogP contribution in [0.1, 0.15) is 56.6 Å². The van der Waals surface area contributed by atoms with Gasteiger partial charge in [0.2, 0.25) is 5.91 Å². The molecule has 1 heterocycles. The summed E-state index contributed by atoms with van der Waals surface area (Å²) in [5.41, 5.74) is 8.46. The number of rotatable bonds is 10. The first-order valence-electron chi connectivity index (χ1n) is 10.4. The van der Waals surface area contributed by atoms with Crippen LogP contribution in [0.4, 0.5) is 0 Å². The molecule has 6 heteroatoms. The van der Waals surface area contributed by atoms with Crippen LogP contribution in [0.15, 0.2) is 58.5 Å². The number of hydrogen-bond donors (Lipinski definition) is 1. The lowest BCUT2D eigenvalue weighted by Gasteiger charge is -2.13. The Morgan fingerprint density at radius 2 is 1.80 bits per heavy atom. The molecular formula is C24H29N3O2S. The van der Waals surface area contributed by atoms with Gasteiger partial charge in [-0.1, -0.05) is 68.4 Å². The number of fused-ring (bicyclic) bond motifs is 1. The van der Waals surface area contributed by atoms with Gasteiger partial charge < -0.3 is 5.73 Å².